The molecule has 0 bridgehead atoms. The SMILES string of the molecule is CCC(C)C(=O)Nc1cccc(C(=O)N2CCC3(CC2)OCCc2ccsc23)c1. The van der Waals surface area contributed by atoms with Crippen molar-refractivity contribution in [1.82, 2.24) is 4.90 Å². The summed E-state index contributed by atoms with van der Waals surface area (Å²) in [6.45, 7) is 6.01. The van der Waals surface area contributed by atoms with Crippen molar-refractivity contribution in [3.05, 3.63) is 51.7 Å². The second-order valence-electron chi connectivity index (χ2n) is 8.04. The molecular weight excluding hydrogens is 384 g/mol. The number of nitrogens with zero attached hydrogens (tertiary/aromatic N) is 1. The topological polar surface area (TPSA) is 58.6 Å². The molecule has 4 rings (SSSR count). The molecule has 1 spiro atoms. The highest BCUT2D eigenvalue weighted by Crippen LogP contribution is 2.44. The third-order valence-electron chi connectivity index (χ3n) is 6.21. The number of hydrogen-bond donors (Lipinski definition) is 1. The Balaban J connectivity index is 1.43. The van der Waals surface area contributed by atoms with Crippen LogP contribution in [0.3, 0.4) is 0 Å². The number of ether oxygens (including phenoxy) is 1. The molecule has 3 heterocycles. The zero-order valence-corrected chi connectivity index (χ0v) is 17.9. The molecular formula is C23H28N2O3S. The number of nitrogens with one attached hydrogen (secondary N) is 1. The molecule has 2 aliphatic rings. The van der Waals surface area contributed by atoms with Gasteiger partial charge in [0, 0.05) is 35.1 Å². The van der Waals surface area contributed by atoms with Gasteiger partial charge in [0.05, 0.1) is 6.61 Å². The number of carbonyl (C=O) groups excluding carboxylic acids is 2. The Labute approximate surface area is 176 Å². The monoisotopic (exact) mass is 412 g/mol. The summed E-state index contributed by atoms with van der Waals surface area (Å²) in [5.41, 5.74) is 2.48. The number of thiophene rings is 1. The highest BCUT2D eigenvalue weighted by atomic mass is 32.1. The number of carbonyl (C=O) groups is 2. The summed E-state index contributed by atoms with van der Waals surface area (Å²) < 4.78 is 6.25. The molecule has 2 aromatic rings. The van der Waals surface area contributed by atoms with Crippen LogP contribution in [0, 0.1) is 5.92 Å². The molecule has 2 aliphatic heterocycles. The lowest BCUT2D eigenvalue weighted by molar-refractivity contribution is -0.119. The molecule has 29 heavy (non-hydrogen) atoms. The van der Waals surface area contributed by atoms with Crippen molar-refractivity contribution in [2.45, 2.75) is 45.1 Å². The number of piperidine rings is 1. The zero-order valence-electron chi connectivity index (χ0n) is 17.1. The number of hydrogen-bond acceptors (Lipinski definition) is 4. The Morgan fingerprint density at radius 2 is 2.07 bits per heavy atom. The van der Waals surface area contributed by atoms with Crippen molar-refractivity contribution in [1.29, 1.82) is 0 Å². The largest absolute Gasteiger partial charge is 0.369 e. The average Bonchev–Trinajstić information content (AvgIpc) is 3.24. The van der Waals surface area contributed by atoms with Crippen LogP contribution in [0.25, 0.3) is 0 Å². The van der Waals surface area contributed by atoms with E-state index in [2.05, 4.69) is 16.8 Å². The molecule has 154 valence electrons. The van der Waals surface area contributed by atoms with Crippen LogP contribution in [0.1, 0.15) is 53.9 Å². The first kappa shape index (κ1) is 20.1. The fraction of sp³-hybridized carbons (Fsp3) is 0.478. The van der Waals surface area contributed by atoms with E-state index < -0.39 is 0 Å². The molecule has 1 aromatic heterocycles. The minimum Gasteiger partial charge on any atom is -0.369 e. The van der Waals surface area contributed by atoms with Gasteiger partial charge in [-0.25, -0.2) is 0 Å². The van der Waals surface area contributed by atoms with E-state index in [1.165, 1.54) is 10.4 Å². The van der Waals surface area contributed by atoms with Gasteiger partial charge in [-0.2, -0.15) is 0 Å². The fourth-order valence-corrected chi connectivity index (χ4v) is 5.33. The Morgan fingerprint density at radius 1 is 1.28 bits per heavy atom. The third kappa shape index (κ3) is 3.96. The van der Waals surface area contributed by atoms with Gasteiger partial charge in [0.1, 0.15) is 5.60 Å². The first-order valence-electron chi connectivity index (χ1n) is 10.4. The van der Waals surface area contributed by atoms with Gasteiger partial charge in [0.15, 0.2) is 0 Å². The Morgan fingerprint density at radius 3 is 2.83 bits per heavy atom. The molecule has 5 nitrogen and oxygen atoms in total. The minimum atomic E-state index is -0.218. The van der Waals surface area contributed by atoms with E-state index in [-0.39, 0.29) is 23.3 Å². The predicted molar refractivity (Wildman–Crippen MR) is 115 cm³/mol. The first-order chi connectivity index (χ1) is 14.0. The number of likely N-dealkylation sites (tertiary alicyclic amines) is 1. The maximum atomic E-state index is 13.1. The molecule has 1 saturated heterocycles. The third-order valence-corrected chi connectivity index (χ3v) is 7.35. The number of fused-ring (bicyclic) bond motifs is 2. The number of rotatable bonds is 4. The van der Waals surface area contributed by atoms with E-state index in [0.717, 1.165) is 32.3 Å². The van der Waals surface area contributed by atoms with Crippen LogP contribution < -0.4 is 5.32 Å². The standard InChI is InChI=1S/C23H28N2O3S/c1-3-16(2)21(26)24-19-6-4-5-18(15-19)22(27)25-11-9-23(10-12-25)20-17(7-13-28-23)8-14-29-20/h4-6,8,14-16H,3,7,9-13H2,1-2H3,(H,24,26). The fourth-order valence-electron chi connectivity index (χ4n) is 4.16. The zero-order chi connectivity index (χ0) is 20.4. The van der Waals surface area contributed by atoms with Crippen molar-refractivity contribution in [3.63, 3.8) is 0 Å². The molecule has 0 saturated carbocycles. The molecule has 1 aromatic carbocycles. The maximum absolute atomic E-state index is 13.1. The van der Waals surface area contributed by atoms with Gasteiger partial charge in [-0.1, -0.05) is 19.9 Å². The normalized spacial score (nSPS) is 18.9. The van der Waals surface area contributed by atoms with E-state index in [4.69, 9.17) is 4.74 Å². The number of anilines is 1. The quantitative estimate of drug-likeness (QED) is 0.808. The highest BCUT2D eigenvalue weighted by Gasteiger charge is 2.42. The summed E-state index contributed by atoms with van der Waals surface area (Å²) >= 11 is 1.78. The molecule has 1 atom stereocenters. The summed E-state index contributed by atoms with van der Waals surface area (Å²) in [7, 11) is 0. The summed E-state index contributed by atoms with van der Waals surface area (Å²) in [6.07, 6.45) is 3.43. The van der Waals surface area contributed by atoms with Crippen LogP contribution in [0.4, 0.5) is 5.69 Å². The van der Waals surface area contributed by atoms with Gasteiger partial charge in [0.25, 0.3) is 5.91 Å². The molecule has 2 amide bonds. The van der Waals surface area contributed by atoms with Crippen LogP contribution in [0.2, 0.25) is 0 Å². The van der Waals surface area contributed by atoms with Crippen molar-refractivity contribution in [3.8, 4) is 0 Å². The van der Waals surface area contributed by atoms with Crippen LogP contribution in [-0.4, -0.2) is 36.4 Å². The number of amides is 2. The molecule has 1 N–H and O–H groups in total. The van der Waals surface area contributed by atoms with Gasteiger partial charge in [-0.05, 0) is 60.9 Å². The average molecular weight is 413 g/mol. The second-order valence-corrected chi connectivity index (χ2v) is 8.96. The maximum Gasteiger partial charge on any atom is 0.253 e. The summed E-state index contributed by atoms with van der Waals surface area (Å²) in [4.78, 5) is 28.5. The molecule has 0 radical (unpaired) electrons. The molecule has 0 aliphatic carbocycles. The highest BCUT2D eigenvalue weighted by molar-refractivity contribution is 7.10. The predicted octanol–water partition coefficient (Wildman–Crippen LogP) is 4.44. The summed E-state index contributed by atoms with van der Waals surface area (Å²) in [6, 6.07) is 9.46. The van der Waals surface area contributed by atoms with Crippen LogP contribution >= 0.6 is 11.3 Å². The summed E-state index contributed by atoms with van der Waals surface area (Å²) in [5, 5.41) is 5.07. The van der Waals surface area contributed by atoms with Crippen molar-refractivity contribution in [2.24, 2.45) is 5.92 Å². The number of benzene rings is 1. The van der Waals surface area contributed by atoms with Crippen molar-refractivity contribution in [2.75, 3.05) is 25.0 Å². The lowest BCUT2D eigenvalue weighted by Gasteiger charge is -2.43. The van der Waals surface area contributed by atoms with E-state index in [1.807, 2.05) is 36.9 Å². The van der Waals surface area contributed by atoms with E-state index >= 15 is 0 Å². The minimum absolute atomic E-state index is 0.0155. The Bertz CT molecular complexity index is 899. The Kier molecular flexibility index (Phi) is 5.74. The molecule has 1 fully saturated rings. The van der Waals surface area contributed by atoms with Gasteiger partial charge < -0.3 is 15.0 Å². The smallest absolute Gasteiger partial charge is 0.253 e. The first-order valence-corrected chi connectivity index (χ1v) is 11.3. The molecule has 6 heteroatoms. The van der Waals surface area contributed by atoms with Gasteiger partial charge in [-0.15, -0.1) is 11.3 Å². The summed E-state index contributed by atoms with van der Waals surface area (Å²) in [5.74, 6) is -0.0507. The van der Waals surface area contributed by atoms with Gasteiger partial charge in [-0.3, -0.25) is 9.59 Å². The van der Waals surface area contributed by atoms with Crippen molar-refractivity contribution < 1.29 is 14.3 Å². The second kappa shape index (κ2) is 8.28. The van der Waals surface area contributed by atoms with Gasteiger partial charge >= 0.3 is 0 Å². The Hall–Kier alpha value is -2.18. The van der Waals surface area contributed by atoms with Gasteiger partial charge in [0.2, 0.25) is 5.91 Å². The van der Waals surface area contributed by atoms with E-state index in [1.54, 1.807) is 17.4 Å². The van der Waals surface area contributed by atoms with E-state index in [0.29, 0.717) is 24.3 Å². The van der Waals surface area contributed by atoms with Crippen LogP contribution in [0.5, 0.6) is 0 Å². The molecule has 1 unspecified atom stereocenters. The lowest BCUT2D eigenvalue weighted by Crippen LogP contribution is -2.47. The van der Waals surface area contributed by atoms with Crippen molar-refractivity contribution >= 4 is 28.8 Å². The van der Waals surface area contributed by atoms with Crippen LogP contribution in [0.15, 0.2) is 35.7 Å². The van der Waals surface area contributed by atoms with E-state index in [9.17, 15) is 9.59 Å². The lowest BCUT2D eigenvalue weighted by atomic mass is 9.85. The van der Waals surface area contributed by atoms with Crippen LogP contribution in [-0.2, 0) is 21.6 Å².